The van der Waals surface area contributed by atoms with Gasteiger partial charge in [-0.3, -0.25) is 9.59 Å². The predicted molar refractivity (Wildman–Crippen MR) is 60.0 cm³/mol. The van der Waals surface area contributed by atoms with E-state index in [9.17, 15) is 9.59 Å². The molecule has 2 rings (SSSR count). The van der Waals surface area contributed by atoms with Crippen LogP contribution >= 0.6 is 0 Å². The molecule has 4 heteroatoms. The molecule has 0 aromatic heterocycles. The van der Waals surface area contributed by atoms with Crippen LogP contribution in [0.15, 0.2) is 30.3 Å². The van der Waals surface area contributed by atoms with Crippen LogP contribution < -0.4 is 5.32 Å². The van der Waals surface area contributed by atoms with E-state index in [1.807, 2.05) is 18.2 Å². The first-order chi connectivity index (χ1) is 7.74. The lowest BCUT2D eigenvalue weighted by Gasteiger charge is -2.39. The monoisotopic (exact) mass is 218 g/mol. The quantitative estimate of drug-likeness (QED) is 0.792. The number of hydrogen-bond donors (Lipinski definition) is 1. The maximum absolute atomic E-state index is 12.0. The van der Waals surface area contributed by atoms with E-state index in [-0.39, 0.29) is 17.9 Å². The molecule has 4 nitrogen and oxygen atoms in total. The molecular formula is C12H14N2O2. The summed E-state index contributed by atoms with van der Waals surface area (Å²) in [4.78, 5) is 25.0. The highest BCUT2D eigenvalue weighted by atomic mass is 16.2. The van der Waals surface area contributed by atoms with E-state index in [4.69, 9.17) is 0 Å². The van der Waals surface area contributed by atoms with E-state index in [1.165, 1.54) is 0 Å². The van der Waals surface area contributed by atoms with Crippen molar-refractivity contribution in [3.8, 4) is 0 Å². The van der Waals surface area contributed by atoms with Crippen LogP contribution in [0.25, 0.3) is 0 Å². The van der Waals surface area contributed by atoms with Gasteiger partial charge < -0.3 is 10.2 Å². The Kier molecular flexibility index (Phi) is 2.90. The van der Waals surface area contributed by atoms with Gasteiger partial charge in [0.25, 0.3) is 5.91 Å². The topological polar surface area (TPSA) is 49.4 Å². The van der Waals surface area contributed by atoms with Crippen LogP contribution in [-0.2, 0) is 4.79 Å². The average Bonchev–Trinajstić information content (AvgIpc) is 2.28. The van der Waals surface area contributed by atoms with Crippen molar-refractivity contribution in [2.75, 3.05) is 13.6 Å². The number of likely N-dealkylation sites (tertiary alicyclic amines) is 1. The Bertz CT molecular complexity index is 403. The summed E-state index contributed by atoms with van der Waals surface area (Å²) >= 11 is 0. The number of rotatable bonds is 2. The first-order valence-electron chi connectivity index (χ1n) is 5.31. The zero-order valence-corrected chi connectivity index (χ0v) is 9.14. The number of benzene rings is 1. The second-order valence-electron chi connectivity index (χ2n) is 3.78. The SMILES string of the molecule is CNC(=O)[C@@H]1CCN1C(=O)c1ccccc1. The normalized spacial score (nSPS) is 18.8. The highest BCUT2D eigenvalue weighted by molar-refractivity contribution is 5.98. The van der Waals surface area contributed by atoms with Gasteiger partial charge in [0, 0.05) is 19.2 Å². The molecule has 0 unspecified atom stereocenters. The molecule has 0 radical (unpaired) electrons. The Balaban J connectivity index is 2.09. The Hall–Kier alpha value is -1.84. The van der Waals surface area contributed by atoms with Crippen molar-refractivity contribution in [2.24, 2.45) is 0 Å². The minimum Gasteiger partial charge on any atom is -0.357 e. The molecule has 1 aliphatic rings. The largest absolute Gasteiger partial charge is 0.357 e. The Morgan fingerprint density at radius 3 is 2.50 bits per heavy atom. The fourth-order valence-corrected chi connectivity index (χ4v) is 1.82. The summed E-state index contributed by atoms with van der Waals surface area (Å²) in [6.45, 7) is 0.659. The fraction of sp³-hybridized carbons (Fsp3) is 0.333. The highest BCUT2D eigenvalue weighted by Crippen LogP contribution is 2.20. The molecule has 1 N–H and O–H groups in total. The summed E-state index contributed by atoms with van der Waals surface area (Å²) in [7, 11) is 1.59. The molecule has 1 aromatic rings. The van der Waals surface area contributed by atoms with E-state index in [1.54, 1.807) is 24.1 Å². The second kappa shape index (κ2) is 4.35. The number of likely N-dealkylation sites (N-methyl/N-ethyl adjacent to an activating group) is 1. The van der Waals surface area contributed by atoms with Gasteiger partial charge >= 0.3 is 0 Å². The summed E-state index contributed by atoms with van der Waals surface area (Å²) in [6, 6.07) is 8.74. The predicted octanol–water partition coefficient (Wildman–Crippen LogP) is 0.647. The molecule has 2 amide bonds. The lowest BCUT2D eigenvalue weighted by atomic mass is 10.0. The maximum Gasteiger partial charge on any atom is 0.254 e. The third-order valence-electron chi connectivity index (χ3n) is 2.85. The molecule has 0 spiro atoms. The van der Waals surface area contributed by atoms with Crippen LogP contribution in [0.4, 0.5) is 0 Å². The van der Waals surface area contributed by atoms with Gasteiger partial charge in [0.15, 0.2) is 0 Å². The van der Waals surface area contributed by atoms with Crippen molar-refractivity contribution in [1.29, 1.82) is 0 Å². The van der Waals surface area contributed by atoms with Crippen LogP contribution in [0, 0.1) is 0 Å². The first kappa shape index (κ1) is 10.7. The molecule has 0 bridgehead atoms. The zero-order valence-electron chi connectivity index (χ0n) is 9.14. The van der Waals surface area contributed by atoms with Gasteiger partial charge in [-0.1, -0.05) is 18.2 Å². The number of carbonyl (C=O) groups excluding carboxylic acids is 2. The number of carbonyl (C=O) groups is 2. The van der Waals surface area contributed by atoms with Gasteiger partial charge in [-0.15, -0.1) is 0 Å². The minimum absolute atomic E-state index is 0.0690. The number of nitrogens with one attached hydrogen (secondary N) is 1. The van der Waals surface area contributed by atoms with Gasteiger partial charge in [-0.05, 0) is 18.6 Å². The molecule has 1 fully saturated rings. The van der Waals surface area contributed by atoms with Crippen LogP contribution in [0.3, 0.4) is 0 Å². The van der Waals surface area contributed by atoms with Crippen LogP contribution in [0.1, 0.15) is 16.8 Å². The number of hydrogen-bond acceptors (Lipinski definition) is 2. The third kappa shape index (κ3) is 1.78. The highest BCUT2D eigenvalue weighted by Gasteiger charge is 2.37. The third-order valence-corrected chi connectivity index (χ3v) is 2.85. The molecule has 0 aliphatic carbocycles. The van der Waals surface area contributed by atoms with E-state index in [2.05, 4.69) is 5.32 Å². The molecule has 1 aliphatic heterocycles. The maximum atomic E-state index is 12.0. The first-order valence-corrected chi connectivity index (χ1v) is 5.31. The fourth-order valence-electron chi connectivity index (χ4n) is 1.82. The molecule has 16 heavy (non-hydrogen) atoms. The van der Waals surface area contributed by atoms with Gasteiger partial charge in [0.05, 0.1) is 0 Å². The average molecular weight is 218 g/mol. The van der Waals surface area contributed by atoms with Crippen LogP contribution in [-0.4, -0.2) is 36.3 Å². The van der Waals surface area contributed by atoms with Crippen molar-refractivity contribution >= 4 is 11.8 Å². The summed E-state index contributed by atoms with van der Waals surface area (Å²) in [6.07, 6.45) is 0.748. The van der Waals surface area contributed by atoms with Gasteiger partial charge in [0.2, 0.25) is 5.91 Å². The molecular weight excluding hydrogens is 204 g/mol. The minimum atomic E-state index is -0.294. The van der Waals surface area contributed by atoms with Crippen molar-refractivity contribution in [3.05, 3.63) is 35.9 Å². The summed E-state index contributed by atoms with van der Waals surface area (Å²) in [5.41, 5.74) is 0.635. The summed E-state index contributed by atoms with van der Waals surface area (Å²) in [5, 5.41) is 2.57. The van der Waals surface area contributed by atoms with Crippen LogP contribution in [0.2, 0.25) is 0 Å². The lowest BCUT2D eigenvalue weighted by molar-refractivity contribution is -0.128. The molecule has 1 heterocycles. The van der Waals surface area contributed by atoms with Crippen molar-refractivity contribution in [1.82, 2.24) is 10.2 Å². The molecule has 1 atom stereocenters. The molecule has 1 aromatic carbocycles. The Morgan fingerprint density at radius 2 is 2.00 bits per heavy atom. The van der Waals surface area contributed by atoms with Gasteiger partial charge in [0.1, 0.15) is 6.04 Å². The Morgan fingerprint density at radius 1 is 1.31 bits per heavy atom. The Labute approximate surface area is 94.2 Å². The van der Waals surface area contributed by atoms with Crippen molar-refractivity contribution in [2.45, 2.75) is 12.5 Å². The standard InChI is InChI=1S/C12H14N2O2/c1-13-11(15)10-7-8-14(10)12(16)9-5-3-2-4-6-9/h2-6,10H,7-8H2,1H3,(H,13,15)/t10-/m0/s1. The zero-order chi connectivity index (χ0) is 11.5. The van der Waals surface area contributed by atoms with Crippen LogP contribution in [0.5, 0.6) is 0 Å². The molecule has 1 saturated heterocycles. The molecule has 84 valence electrons. The summed E-state index contributed by atoms with van der Waals surface area (Å²) < 4.78 is 0. The lowest BCUT2D eigenvalue weighted by Crippen LogP contribution is -2.57. The number of nitrogens with zero attached hydrogens (tertiary/aromatic N) is 1. The van der Waals surface area contributed by atoms with E-state index < -0.39 is 0 Å². The molecule has 0 saturated carbocycles. The van der Waals surface area contributed by atoms with Gasteiger partial charge in [-0.25, -0.2) is 0 Å². The second-order valence-corrected chi connectivity index (χ2v) is 3.78. The van der Waals surface area contributed by atoms with E-state index in [0.717, 1.165) is 6.42 Å². The van der Waals surface area contributed by atoms with Crippen molar-refractivity contribution < 1.29 is 9.59 Å². The van der Waals surface area contributed by atoms with E-state index in [0.29, 0.717) is 12.1 Å². The van der Waals surface area contributed by atoms with E-state index >= 15 is 0 Å². The smallest absolute Gasteiger partial charge is 0.254 e. The number of amides is 2. The van der Waals surface area contributed by atoms with Gasteiger partial charge in [-0.2, -0.15) is 0 Å². The summed E-state index contributed by atoms with van der Waals surface area (Å²) in [5.74, 6) is -0.156. The van der Waals surface area contributed by atoms with Crippen molar-refractivity contribution in [3.63, 3.8) is 0 Å².